The average Bonchev–Trinajstić information content (AvgIpc) is 2.64. The maximum Gasteiger partial charge on any atom is 0.339 e. The Balaban J connectivity index is 2.17. The highest BCUT2D eigenvalue weighted by atomic mass is 35.5. The van der Waals surface area contributed by atoms with Gasteiger partial charge in [0.25, 0.3) is 0 Å². The number of halogens is 1. The maximum atomic E-state index is 12.3. The highest BCUT2D eigenvalue weighted by molar-refractivity contribution is 8.01. The zero-order valence-electron chi connectivity index (χ0n) is 14.6. The Morgan fingerprint density at radius 1 is 1.48 bits per heavy atom. The number of anilines is 1. The molecule has 0 radical (unpaired) electrons. The first-order valence-corrected chi connectivity index (χ1v) is 10.4. The number of carbonyl (C=O) groups excluding carboxylic acids is 1. The summed E-state index contributed by atoms with van der Waals surface area (Å²) in [5, 5.41) is 3.02. The molecule has 0 spiro atoms. The van der Waals surface area contributed by atoms with Crippen LogP contribution in [0.15, 0.2) is 18.2 Å². The van der Waals surface area contributed by atoms with Crippen LogP contribution in [0, 0.1) is 0 Å². The lowest BCUT2D eigenvalue weighted by molar-refractivity contribution is 0.0500. The molecule has 1 aromatic carbocycles. The molecule has 1 saturated heterocycles. The molecule has 0 unspecified atom stereocenters. The third kappa shape index (κ3) is 5.48. The summed E-state index contributed by atoms with van der Waals surface area (Å²) in [4.78, 5) is 12.3. The smallest absolute Gasteiger partial charge is 0.339 e. The first-order valence-electron chi connectivity index (χ1n) is 8.44. The van der Waals surface area contributed by atoms with E-state index in [-0.39, 0.29) is 0 Å². The standard InChI is InChI=1S/C17H24ClN3O2S2/c1-3-4-11-23-16(22)14-12-13(7-8-15(14)18)21(25-2)17(24)20-10-6-5-9-19-20/h7-8,12,19H,3-6,9-11H2,1-2H3. The molecule has 1 aromatic rings. The summed E-state index contributed by atoms with van der Waals surface area (Å²) in [6.07, 6.45) is 6.01. The van der Waals surface area contributed by atoms with Crippen molar-refractivity contribution in [1.82, 2.24) is 10.4 Å². The van der Waals surface area contributed by atoms with Gasteiger partial charge in [0.2, 0.25) is 5.11 Å². The number of hydrazine groups is 1. The third-order valence-electron chi connectivity index (χ3n) is 3.83. The molecule has 1 heterocycles. The number of hydrogen-bond donors (Lipinski definition) is 1. The van der Waals surface area contributed by atoms with Gasteiger partial charge < -0.3 is 4.74 Å². The van der Waals surface area contributed by atoms with Gasteiger partial charge in [-0.1, -0.05) is 24.9 Å². The fourth-order valence-corrected chi connectivity index (χ4v) is 3.70. The second-order valence-corrected chi connectivity index (χ2v) is 7.18. The van der Waals surface area contributed by atoms with Gasteiger partial charge in [0.05, 0.1) is 22.9 Å². The van der Waals surface area contributed by atoms with Crippen LogP contribution in [0.25, 0.3) is 0 Å². The van der Waals surface area contributed by atoms with Crippen molar-refractivity contribution in [2.45, 2.75) is 32.6 Å². The molecule has 0 aliphatic carbocycles. The van der Waals surface area contributed by atoms with Gasteiger partial charge in [-0.3, -0.25) is 9.31 Å². The van der Waals surface area contributed by atoms with Gasteiger partial charge in [-0.05, 0) is 61.6 Å². The minimum atomic E-state index is -0.400. The summed E-state index contributed by atoms with van der Waals surface area (Å²) in [6.45, 7) is 4.24. The number of benzene rings is 1. The molecule has 2 rings (SSSR count). The summed E-state index contributed by atoms with van der Waals surface area (Å²) in [6, 6.07) is 5.31. The number of rotatable bonds is 6. The molecule has 1 aliphatic heterocycles. The summed E-state index contributed by atoms with van der Waals surface area (Å²) >= 11 is 13.3. The molecule has 8 heteroatoms. The Morgan fingerprint density at radius 3 is 2.92 bits per heavy atom. The molecule has 1 aliphatic rings. The number of nitrogens with zero attached hydrogens (tertiary/aromatic N) is 2. The van der Waals surface area contributed by atoms with E-state index in [0.29, 0.717) is 22.3 Å². The van der Waals surface area contributed by atoms with Crippen molar-refractivity contribution in [2.24, 2.45) is 0 Å². The minimum Gasteiger partial charge on any atom is -0.462 e. The lowest BCUT2D eigenvalue weighted by Crippen LogP contribution is -2.51. The molecule has 0 bridgehead atoms. The van der Waals surface area contributed by atoms with Gasteiger partial charge in [-0.25, -0.2) is 10.2 Å². The maximum absolute atomic E-state index is 12.3. The van der Waals surface area contributed by atoms with Crippen LogP contribution in [0.2, 0.25) is 5.02 Å². The van der Waals surface area contributed by atoms with Gasteiger partial charge in [-0.15, -0.1) is 0 Å². The van der Waals surface area contributed by atoms with E-state index in [1.54, 1.807) is 12.1 Å². The van der Waals surface area contributed by atoms with Crippen LogP contribution in [-0.4, -0.2) is 42.0 Å². The molecule has 5 nitrogen and oxygen atoms in total. The Kier molecular flexibility index (Phi) is 8.29. The monoisotopic (exact) mass is 401 g/mol. The topological polar surface area (TPSA) is 44.8 Å². The summed E-state index contributed by atoms with van der Waals surface area (Å²) in [5.74, 6) is -0.400. The van der Waals surface area contributed by atoms with Crippen LogP contribution in [0.1, 0.15) is 43.0 Å². The fourth-order valence-electron chi connectivity index (χ4n) is 2.44. The molecule has 0 amide bonds. The summed E-state index contributed by atoms with van der Waals surface area (Å²) in [5.41, 5.74) is 4.47. The van der Waals surface area contributed by atoms with E-state index in [9.17, 15) is 4.79 Å². The van der Waals surface area contributed by atoms with Crippen molar-refractivity contribution >= 4 is 52.5 Å². The van der Waals surface area contributed by atoms with Gasteiger partial charge in [0.1, 0.15) is 0 Å². The van der Waals surface area contributed by atoms with E-state index in [4.69, 9.17) is 28.6 Å². The number of esters is 1. The van der Waals surface area contributed by atoms with Crippen LogP contribution in [-0.2, 0) is 4.74 Å². The Bertz CT molecular complexity index is 610. The predicted molar refractivity (Wildman–Crippen MR) is 109 cm³/mol. The van der Waals surface area contributed by atoms with E-state index in [2.05, 4.69) is 5.43 Å². The van der Waals surface area contributed by atoms with Crippen molar-refractivity contribution in [1.29, 1.82) is 0 Å². The molecular weight excluding hydrogens is 378 g/mol. The molecule has 1 fully saturated rings. The second-order valence-electron chi connectivity index (χ2n) is 5.68. The Morgan fingerprint density at radius 2 is 2.28 bits per heavy atom. The van der Waals surface area contributed by atoms with Crippen molar-refractivity contribution in [3.8, 4) is 0 Å². The van der Waals surface area contributed by atoms with E-state index >= 15 is 0 Å². The van der Waals surface area contributed by atoms with Crippen molar-refractivity contribution < 1.29 is 9.53 Å². The molecule has 0 atom stereocenters. The van der Waals surface area contributed by atoms with Gasteiger partial charge >= 0.3 is 5.97 Å². The first-order chi connectivity index (χ1) is 12.1. The lowest BCUT2D eigenvalue weighted by atomic mass is 10.2. The minimum absolute atomic E-state index is 0.365. The average molecular weight is 402 g/mol. The molecule has 138 valence electrons. The number of carbonyl (C=O) groups is 1. The zero-order chi connectivity index (χ0) is 18.2. The number of ether oxygens (including phenoxy) is 1. The zero-order valence-corrected chi connectivity index (χ0v) is 17.0. The summed E-state index contributed by atoms with van der Waals surface area (Å²) < 4.78 is 7.20. The third-order valence-corrected chi connectivity index (χ3v) is 5.43. The molecule has 0 saturated carbocycles. The molecular formula is C17H24ClN3O2S2. The number of nitrogens with one attached hydrogen (secondary N) is 1. The lowest BCUT2D eigenvalue weighted by Gasteiger charge is -2.34. The first kappa shape index (κ1) is 20.3. The fraction of sp³-hybridized carbons (Fsp3) is 0.529. The summed E-state index contributed by atoms with van der Waals surface area (Å²) in [7, 11) is 0. The van der Waals surface area contributed by atoms with E-state index < -0.39 is 5.97 Å². The van der Waals surface area contributed by atoms with Crippen LogP contribution in [0.5, 0.6) is 0 Å². The van der Waals surface area contributed by atoms with Gasteiger partial charge in [0, 0.05) is 19.3 Å². The molecule has 25 heavy (non-hydrogen) atoms. The van der Waals surface area contributed by atoms with Crippen LogP contribution in [0.3, 0.4) is 0 Å². The van der Waals surface area contributed by atoms with E-state index in [1.807, 2.05) is 28.6 Å². The van der Waals surface area contributed by atoms with Gasteiger partial charge in [-0.2, -0.15) is 0 Å². The van der Waals surface area contributed by atoms with Crippen LogP contribution >= 0.6 is 35.8 Å². The Labute approximate surface area is 164 Å². The largest absolute Gasteiger partial charge is 0.462 e. The van der Waals surface area contributed by atoms with Crippen molar-refractivity contribution in [2.75, 3.05) is 30.3 Å². The second kappa shape index (κ2) is 10.2. The Hall–Kier alpha value is -1.02. The van der Waals surface area contributed by atoms with E-state index in [0.717, 1.165) is 44.5 Å². The van der Waals surface area contributed by atoms with Crippen LogP contribution < -0.4 is 9.73 Å². The van der Waals surface area contributed by atoms with E-state index in [1.165, 1.54) is 11.9 Å². The normalized spacial score (nSPS) is 14.3. The number of thiocarbonyl (C=S) groups is 1. The number of hydrogen-bond acceptors (Lipinski definition) is 5. The predicted octanol–water partition coefficient (Wildman–Crippen LogP) is 4.27. The highest BCUT2D eigenvalue weighted by Crippen LogP contribution is 2.28. The highest BCUT2D eigenvalue weighted by Gasteiger charge is 2.22. The molecule has 1 N–H and O–H groups in total. The quantitative estimate of drug-likeness (QED) is 0.330. The van der Waals surface area contributed by atoms with Crippen LogP contribution in [0.4, 0.5) is 5.69 Å². The number of unbranched alkanes of at least 4 members (excludes halogenated alkanes) is 1. The molecule has 0 aromatic heterocycles. The SMILES string of the molecule is CCCCOC(=O)c1cc(N(SC)C(=S)N2CCCCN2)ccc1Cl. The van der Waals surface area contributed by atoms with Crippen molar-refractivity contribution in [3.63, 3.8) is 0 Å². The van der Waals surface area contributed by atoms with Gasteiger partial charge in [0.15, 0.2) is 0 Å². The van der Waals surface area contributed by atoms with Crippen molar-refractivity contribution in [3.05, 3.63) is 28.8 Å².